The highest BCUT2D eigenvalue weighted by Gasteiger charge is 1.84. The molecular weight excluding hydrogens is 204 g/mol. The zero-order valence-corrected chi connectivity index (χ0v) is 7.46. The maximum atomic E-state index is 8.74. The van der Waals surface area contributed by atoms with E-state index in [2.05, 4.69) is 0 Å². The van der Waals surface area contributed by atoms with Gasteiger partial charge in [0.05, 0.1) is 0 Å². The van der Waals surface area contributed by atoms with Gasteiger partial charge in [-0.1, -0.05) is 29.8 Å². The molecule has 0 amide bonds. The molecule has 0 aliphatic rings. The van der Waals surface area contributed by atoms with Gasteiger partial charge in [-0.3, -0.25) is 9.11 Å². The summed E-state index contributed by atoms with van der Waals surface area (Å²) in [7, 11) is -4.67. The number of benzene rings is 1. The van der Waals surface area contributed by atoms with Gasteiger partial charge in [0.1, 0.15) is 0 Å². The number of hydrogen-bond donors (Lipinski definition) is 2. The molecule has 1 rings (SSSR count). The molecule has 0 atom stereocenters. The molecule has 0 unspecified atom stereocenters. The highest BCUT2D eigenvalue weighted by atomic mass is 35.5. The molecule has 0 saturated heterocycles. The lowest BCUT2D eigenvalue weighted by molar-refractivity contribution is 0.381. The summed E-state index contributed by atoms with van der Waals surface area (Å²) in [5.74, 6) is 0. The Hall–Kier alpha value is -0.620. The topological polar surface area (TPSA) is 74.6 Å². The average molecular weight is 211 g/mol. The summed E-state index contributed by atoms with van der Waals surface area (Å²) in [6.45, 7) is 0. The first kappa shape index (κ1) is 11.4. The number of halogens is 1. The van der Waals surface area contributed by atoms with Crippen molar-refractivity contribution < 1.29 is 17.5 Å². The Morgan fingerprint density at radius 1 is 1.08 bits per heavy atom. The van der Waals surface area contributed by atoms with Crippen LogP contribution in [0.2, 0.25) is 5.02 Å². The highest BCUT2D eigenvalue weighted by molar-refractivity contribution is 7.79. The van der Waals surface area contributed by atoms with E-state index < -0.39 is 10.4 Å². The third kappa shape index (κ3) is 12.1. The van der Waals surface area contributed by atoms with Crippen molar-refractivity contribution in [1.29, 1.82) is 0 Å². The zero-order valence-electron chi connectivity index (χ0n) is 5.88. The third-order valence-electron chi connectivity index (χ3n) is 0.733. The number of hydrogen-bond acceptors (Lipinski definition) is 2. The van der Waals surface area contributed by atoms with Gasteiger partial charge in [-0.15, -0.1) is 0 Å². The fraction of sp³-hybridized carbons (Fsp3) is 0. The Balaban J connectivity index is 0.000000217. The molecule has 68 valence electrons. The second-order valence-electron chi connectivity index (χ2n) is 1.74. The van der Waals surface area contributed by atoms with Gasteiger partial charge in [0.15, 0.2) is 0 Å². The summed E-state index contributed by atoms with van der Waals surface area (Å²) in [5, 5.41) is 0.794. The lowest BCUT2D eigenvalue weighted by Gasteiger charge is -1.80. The molecule has 0 saturated carbocycles. The van der Waals surface area contributed by atoms with Crippen LogP contribution in [0, 0.1) is 0 Å². The van der Waals surface area contributed by atoms with E-state index in [1.165, 1.54) is 0 Å². The Morgan fingerprint density at radius 3 is 1.58 bits per heavy atom. The van der Waals surface area contributed by atoms with Crippen molar-refractivity contribution in [1.82, 2.24) is 0 Å². The van der Waals surface area contributed by atoms with Gasteiger partial charge in [0.2, 0.25) is 0 Å². The van der Waals surface area contributed by atoms with Crippen molar-refractivity contribution in [3.05, 3.63) is 35.4 Å². The molecule has 0 aliphatic heterocycles. The summed E-state index contributed by atoms with van der Waals surface area (Å²) in [6.07, 6.45) is 0. The van der Waals surface area contributed by atoms with Crippen LogP contribution >= 0.6 is 11.6 Å². The Labute approximate surface area is 75.4 Å². The van der Waals surface area contributed by atoms with E-state index in [0.717, 1.165) is 5.02 Å². The quantitative estimate of drug-likeness (QED) is 0.639. The maximum Gasteiger partial charge on any atom is 0.394 e. The molecule has 0 radical (unpaired) electrons. The lowest BCUT2D eigenvalue weighted by atomic mass is 10.4. The highest BCUT2D eigenvalue weighted by Crippen LogP contribution is 2.03. The normalized spacial score (nSPS) is 9.92. The maximum absolute atomic E-state index is 8.74. The van der Waals surface area contributed by atoms with Crippen LogP contribution in [0.5, 0.6) is 0 Å². The SMILES string of the molecule is Clc1ccccc1.O=S(=O)(O)O. The molecule has 0 spiro atoms. The van der Waals surface area contributed by atoms with Crippen molar-refractivity contribution in [2.24, 2.45) is 0 Å². The molecule has 1 aromatic carbocycles. The van der Waals surface area contributed by atoms with Gasteiger partial charge in [0, 0.05) is 5.02 Å². The first-order valence-electron chi connectivity index (χ1n) is 2.80. The Bertz CT molecular complexity index is 300. The van der Waals surface area contributed by atoms with Crippen LogP contribution in [0.3, 0.4) is 0 Å². The van der Waals surface area contributed by atoms with Crippen molar-refractivity contribution in [2.75, 3.05) is 0 Å². The summed E-state index contributed by atoms with van der Waals surface area (Å²) >= 11 is 5.54. The minimum Gasteiger partial charge on any atom is -0.264 e. The molecule has 2 N–H and O–H groups in total. The molecule has 0 aromatic heterocycles. The van der Waals surface area contributed by atoms with Gasteiger partial charge in [-0.05, 0) is 12.1 Å². The van der Waals surface area contributed by atoms with Crippen LogP contribution in [0.1, 0.15) is 0 Å². The molecule has 0 bridgehead atoms. The van der Waals surface area contributed by atoms with Crippen molar-refractivity contribution >= 4 is 22.0 Å². The minimum atomic E-state index is -4.67. The van der Waals surface area contributed by atoms with E-state index in [1.54, 1.807) is 0 Å². The van der Waals surface area contributed by atoms with Crippen LogP contribution in [0.4, 0.5) is 0 Å². The lowest BCUT2D eigenvalue weighted by Crippen LogP contribution is -1.89. The summed E-state index contributed by atoms with van der Waals surface area (Å²) in [4.78, 5) is 0. The predicted molar refractivity (Wildman–Crippen MR) is 45.6 cm³/mol. The smallest absolute Gasteiger partial charge is 0.264 e. The van der Waals surface area contributed by atoms with Crippen molar-refractivity contribution in [3.8, 4) is 0 Å². The van der Waals surface area contributed by atoms with E-state index in [4.69, 9.17) is 29.1 Å². The standard InChI is InChI=1S/C6H5Cl.H2O4S/c7-6-4-2-1-3-5-6;1-5(2,3)4/h1-5H;(H2,1,2,3,4). The van der Waals surface area contributed by atoms with Crippen LogP contribution in [0.25, 0.3) is 0 Å². The van der Waals surface area contributed by atoms with Gasteiger partial charge in [-0.2, -0.15) is 8.42 Å². The van der Waals surface area contributed by atoms with Crippen LogP contribution < -0.4 is 0 Å². The molecule has 12 heavy (non-hydrogen) atoms. The van der Waals surface area contributed by atoms with E-state index >= 15 is 0 Å². The first-order valence-corrected chi connectivity index (χ1v) is 4.57. The van der Waals surface area contributed by atoms with Gasteiger partial charge in [-0.25, -0.2) is 0 Å². The van der Waals surface area contributed by atoms with Gasteiger partial charge < -0.3 is 0 Å². The molecular formula is C6H7ClO4S. The third-order valence-corrected chi connectivity index (χ3v) is 0.985. The minimum absolute atomic E-state index is 0.794. The Kier molecular flexibility index (Phi) is 4.84. The summed E-state index contributed by atoms with van der Waals surface area (Å²) in [6, 6.07) is 9.44. The van der Waals surface area contributed by atoms with Crippen LogP contribution in [-0.2, 0) is 10.4 Å². The molecule has 4 nitrogen and oxygen atoms in total. The van der Waals surface area contributed by atoms with E-state index in [9.17, 15) is 0 Å². The fourth-order valence-electron chi connectivity index (χ4n) is 0.415. The van der Waals surface area contributed by atoms with Gasteiger partial charge in [0.25, 0.3) is 0 Å². The zero-order chi connectivity index (χ0) is 9.61. The monoisotopic (exact) mass is 210 g/mol. The second kappa shape index (κ2) is 5.10. The molecule has 0 heterocycles. The molecule has 0 fully saturated rings. The van der Waals surface area contributed by atoms with Crippen LogP contribution in [-0.4, -0.2) is 17.5 Å². The predicted octanol–water partition coefficient (Wildman–Crippen LogP) is 1.69. The van der Waals surface area contributed by atoms with Crippen LogP contribution in [0.15, 0.2) is 30.3 Å². The first-order chi connectivity index (χ1) is 5.39. The number of rotatable bonds is 0. The molecule has 1 aromatic rings. The fourth-order valence-corrected chi connectivity index (χ4v) is 0.560. The Morgan fingerprint density at radius 2 is 1.42 bits per heavy atom. The van der Waals surface area contributed by atoms with E-state index in [1.807, 2.05) is 30.3 Å². The second-order valence-corrected chi connectivity index (χ2v) is 3.08. The molecule has 0 aliphatic carbocycles. The van der Waals surface area contributed by atoms with Crippen molar-refractivity contribution in [2.45, 2.75) is 0 Å². The molecule has 6 heteroatoms. The van der Waals surface area contributed by atoms with Gasteiger partial charge >= 0.3 is 10.4 Å². The average Bonchev–Trinajstić information content (AvgIpc) is 1.85. The van der Waals surface area contributed by atoms with E-state index in [0.29, 0.717) is 0 Å². The van der Waals surface area contributed by atoms with E-state index in [-0.39, 0.29) is 0 Å². The largest absolute Gasteiger partial charge is 0.394 e. The summed E-state index contributed by atoms with van der Waals surface area (Å²) < 4.78 is 31.6. The summed E-state index contributed by atoms with van der Waals surface area (Å²) in [5.41, 5.74) is 0. The van der Waals surface area contributed by atoms with Crippen molar-refractivity contribution in [3.63, 3.8) is 0 Å².